The summed E-state index contributed by atoms with van der Waals surface area (Å²) >= 11 is 6.26. The number of aromatic nitrogens is 1. The minimum absolute atomic E-state index is 0.0391. The van der Waals surface area contributed by atoms with Crippen LogP contribution < -0.4 is 5.32 Å². The van der Waals surface area contributed by atoms with Crippen molar-refractivity contribution in [1.82, 2.24) is 4.98 Å². The lowest BCUT2D eigenvalue weighted by Crippen LogP contribution is -2.22. The first kappa shape index (κ1) is 20.6. The van der Waals surface area contributed by atoms with Gasteiger partial charge in [0.05, 0.1) is 41.1 Å². The maximum absolute atomic E-state index is 12.2. The van der Waals surface area contributed by atoms with Gasteiger partial charge in [-0.2, -0.15) is 0 Å². The number of carbonyl (C=O) groups is 1. The van der Waals surface area contributed by atoms with Crippen molar-refractivity contribution in [3.63, 3.8) is 0 Å². The molecule has 1 saturated heterocycles. The van der Waals surface area contributed by atoms with Crippen LogP contribution in [-0.4, -0.2) is 38.0 Å². The zero-order valence-corrected chi connectivity index (χ0v) is 18.0. The number of benzene rings is 2. The molecule has 0 amide bonds. The monoisotopic (exact) mass is 444 g/mol. The predicted octanol–water partition coefficient (Wildman–Crippen LogP) is 4.71. The summed E-state index contributed by atoms with van der Waals surface area (Å²) in [6.07, 6.45) is 2.86. The predicted molar refractivity (Wildman–Crippen MR) is 118 cm³/mol. The second kappa shape index (κ2) is 8.24. The number of hydrogen-bond donors (Lipinski definition) is 1. The van der Waals surface area contributed by atoms with Crippen molar-refractivity contribution in [2.75, 3.05) is 23.9 Å². The van der Waals surface area contributed by atoms with Gasteiger partial charge in [0.25, 0.3) is 0 Å². The van der Waals surface area contributed by atoms with Crippen molar-refractivity contribution in [3.8, 4) is 0 Å². The summed E-state index contributed by atoms with van der Waals surface area (Å²) in [5.74, 6) is -0.0932. The van der Waals surface area contributed by atoms with E-state index in [-0.39, 0.29) is 17.4 Å². The van der Waals surface area contributed by atoms with Crippen LogP contribution in [0.3, 0.4) is 0 Å². The van der Waals surface area contributed by atoms with Crippen LogP contribution in [0.4, 0.5) is 11.4 Å². The molecule has 1 aliphatic heterocycles. The molecule has 0 bridgehead atoms. The van der Waals surface area contributed by atoms with Gasteiger partial charge >= 0.3 is 5.97 Å². The van der Waals surface area contributed by atoms with Gasteiger partial charge in [-0.3, -0.25) is 4.98 Å². The number of para-hydroxylation sites is 1. The van der Waals surface area contributed by atoms with E-state index in [1.54, 1.807) is 30.5 Å². The molecule has 0 unspecified atom stereocenters. The third-order valence-electron chi connectivity index (χ3n) is 5.45. The average molecular weight is 445 g/mol. The number of methoxy groups -OCH3 is 1. The Kier molecular flexibility index (Phi) is 5.66. The Balaban J connectivity index is 1.85. The number of pyridine rings is 1. The summed E-state index contributed by atoms with van der Waals surface area (Å²) in [4.78, 5) is 16.8. The van der Waals surface area contributed by atoms with Gasteiger partial charge in [-0.15, -0.1) is 0 Å². The maximum Gasteiger partial charge on any atom is 0.339 e. The first-order valence-corrected chi connectivity index (χ1v) is 11.8. The molecule has 3 aromatic rings. The highest BCUT2D eigenvalue weighted by atomic mass is 35.5. The lowest BCUT2D eigenvalue weighted by Gasteiger charge is -2.26. The summed E-state index contributed by atoms with van der Waals surface area (Å²) in [6.45, 7) is 0. The number of fused-ring (bicyclic) bond motifs is 1. The van der Waals surface area contributed by atoms with Gasteiger partial charge < -0.3 is 10.1 Å². The molecular formula is C22H21ClN2O4S. The number of rotatable bonds is 4. The number of carbonyl (C=O) groups excluding carboxylic acids is 1. The fraction of sp³-hybridized carbons (Fsp3) is 0.273. The first-order valence-electron chi connectivity index (χ1n) is 9.61. The SMILES string of the molecule is COC(=O)c1ccccc1Nc1c(C2CCS(=O)(=O)CC2)cnc2ccc(Cl)cc12. The van der Waals surface area contributed by atoms with Crippen LogP contribution in [0.25, 0.3) is 10.9 Å². The van der Waals surface area contributed by atoms with Crippen molar-refractivity contribution in [2.45, 2.75) is 18.8 Å². The van der Waals surface area contributed by atoms with Crippen LogP contribution in [0.2, 0.25) is 5.02 Å². The van der Waals surface area contributed by atoms with Gasteiger partial charge in [0.2, 0.25) is 0 Å². The molecule has 1 aliphatic rings. The van der Waals surface area contributed by atoms with Crippen LogP contribution in [0.15, 0.2) is 48.7 Å². The van der Waals surface area contributed by atoms with Crippen LogP contribution in [0, 0.1) is 0 Å². The van der Waals surface area contributed by atoms with Crippen molar-refractivity contribution < 1.29 is 17.9 Å². The van der Waals surface area contributed by atoms with E-state index in [2.05, 4.69) is 10.3 Å². The standard InChI is InChI=1S/C22H21ClN2O4S/c1-29-22(26)16-4-2-3-5-20(16)25-21-17-12-15(23)6-7-19(17)24-13-18(21)14-8-10-30(27,28)11-9-14/h2-7,12-14H,8-11H2,1H3,(H,24,25). The second-order valence-corrected chi connectivity index (χ2v) is 10.1. The van der Waals surface area contributed by atoms with E-state index in [0.717, 1.165) is 22.2 Å². The lowest BCUT2D eigenvalue weighted by atomic mass is 9.91. The molecule has 0 saturated carbocycles. The highest BCUT2D eigenvalue weighted by molar-refractivity contribution is 7.91. The molecule has 8 heteroatoms. The number of sulfone groups is 1. The van der Waals surface area contributed by atoms with Crippen LogP contribution in [-0.2, 0) is 14.6 Å². The van der Waals surface area contributed by atoms with Gasteiger partial charge in [-0.25, -0.2) is 13.2 Å². The fourth-order valence-electron chi connectivity index (χ4n) is 3.85. The topological polar surface area (TPSA) is 85.4 Å². The van der Waals surface area contributed by atoms with Crippen molar-refractivity contribution in [1.29, 1.82) is 0 Å². The van der Waals surface area contributed by atoms with Crippen LogP contribution in [0.5, 0.6) is 0 Å². The van der Waals surface area contributed by atoms with E-state index >= 15 is 0 Å². The third-order valence-corrected chi connectivity index (χ3v) is 7.40. The molecule has 1 N–H and O–H groups in total. The molecule has 0 aliphatic carbocycles. The van der Waals surface area contributed by atoms with Gasteiger partial charge in [-0.05, 0) is 54.7 Å². The highest BCUT2D eigenvalue weighted by Crippen LogP contribution is 2.39. The number of halogens is 1. The quantitative estimate of drug-likeness (QED) is 0.586. The Bertz CT molecular complexity index is 1210. The van der Waals surface area contributed by atoms with Crippen molar-refractivity contribution >= 4 is 49.7 Å². The molecule has 0 atom stereocenters. The third kappa shape index (κ3) is 4.13. The summed E-state index contributed by atoms with van der Waals surface area (Å²) in [6, 6.07) is 12.5. The molecule has 30 heavy (non-hydrogen) atoms. The molecule has 1 aromatic heterocycles. The Hall–Kier alpha value is -2.64. The van der Waals surface area contributed by atoms with Crippen LogP contribution >= 0.6 is 11.6 Å². The Morgan fingerprint density at radius 1 is 1.17 bits per heavy atom. The van der Waals surface area contributed by atoms with E-state index in [1.165, 1.54) is 7.11 Å². The zero-order chi connectivity index (χ0) is 21.3. The van der Waals surface area contributed by atoms with Crippen molar-refractivity contribution in [3.05, 3.63) is 64.8 Å². The molecule has 0 spiro atoms. The van der Waals surface area contributed by atoms with E-state index in [9.17, 15) is 13.2 Å². The largest absolute Gasteiger partial charge is 0.465 e. The molecular weight excluding hydrogens is 424 g/mol. The molecule has 4 rings (SSSR count). The molecule has 1 fully saturated rings. The average Bonchev–Trinajstić information content (AvgIpc) is 2.74. The van der Waals surface area contributed by atoms with Crippen LogP contribution in [0.1, 0.15) is 34.7 Å². The molecule has 0 radical (unpaired) electrons. The Morgan fingerprint density at radius 3 is 2.63 bits per heavy atom. The Morgan fingerprint density at radius 2 is 1.90 bits per heavy atom. The molecule has 156 valence electrons. The van der Waals surface area contributed by atoms with E-state index < -0.39 is 15.8 Å². The minimum Gasteiger partial charge on any atom is -0.465 e. The van der Waals surface area contributed by atoms with Gasteiger partial charge in [0.1, 0.15) is 9.84 Å². The summed E-state index contributed by atoms with van der Waals surface area (Å²) in [5.41, 5.74) is 3.46. The van der Waals surface area contributed by atoms with E-state index in [0.29, 0.717) is 29.1 Å². The Labute approximate surface area is 180 Å². The summed E-state index contributed by atoms with van der Waals surface area (Å²) in [5, 5.41) is 4.78. The van der Waals surface area contributed by atoms with Gasteiger partial charge in [0, 0.05) is 16.6 Å². The maximum atomic E-state index is 12.2. The summed E-state index contributed by atoms with van der Waals surface area (Å²) in [7, 11) is -1.65. The van der Waals surface area contributed by atoms with E-state index in [1.807, 2.05) is 18.2 Å². The van der Waals surface area contributed by atoms with Gasteiger partial charge in [0.15, 0.2) is 0 Å². The number of ether oxygens (including phenoxy) is 1. The van der Waals surface area contributed by atoms with E-state index in [4.69, 9.17) is 16.3 Å². The van der Waals surface area contributed by atoms with Crippen molar-refractivity contribution in [2.24, 2.45) is 0 Å². The number of nitrogens with one attached hydrogen (secondary N) is 1. The fourth-order valence-corrected chi connectivity index (χ4v) is 5.51. The first-order chi connectivity index (χ1) is 14.4. The second-order valence-electron chi connectivity index (χ2n) is 7.34. The minimum atomic E-state index is -2.99. The number of hydrogen-bond acceptors (Lipinski definition) is 6. The smallest absolute Gasteiger partial charge is 0.339 e. The molecule has 2 heterocycles. The lowest BCUT2D eigenvalue weighted by molar-refractivity contribution is 0.0602. The van der Waals surface area contributed by atoms with Gasteiger partial charge in [-0.1, -0.05) is 23.7 Å². The summed E-state index contributed by atoms with van der Waals surface area (Å²) < 4.78 is 28.7. The highest BCUT2D eigenvalue weighted by Gasteiger charge is 2.28. The number of esters is 1. The number of anilines is 2. The number of nitrogens with zero attached hydrogens (tertiary/aromatic N) is 1. The zero-order valence-electron chi connectivity index (χ0n) is 16.4. The molecule has 6 nitrogen and oxygen atoms in total. The normalized spacial score (nSPS) is 16.3. The molecule has 2 aromatic carbocycles.